The van der Waals surface area contributed by atoms with Crippen LogP contribution in [-0.4, -0.2) is 31.2 Å². The molecule has 0 bridgehead atoms. The molecule has 1 aromatic carbocycles. The van der Waals surface area contributed by atoms with Crippen LogP contribution in [0.2, 0.25) is 5.02 Å². The monoisotopic (exact) mass is 343 g/mol. The molecule has 2 heterocycles. The number of carbonyl (C=O) groups is 1. The number of rotatable bonds is 2. The van der Waals surface area contributed by atoms with Crippen molar-refractivity contribution in [1.29, 1.82) is 5.26 Å². The predicted octanol–water partition coefficient (Wildman–Crippen LogP) is 3.40. The number of hydrogen-bond acceptors (Lipinski definition) is 5. The summed E-state index contributed by atoms with van der Waals surface area (Å²) < 4.78 is 4.89. The van der Waals surface area contributed by atoms with Gasteiger partial charge in [0, 0.05) is 29.7 Å². The smallest absolute Gasteiger partial charge is 0.309 e. The zero-order valence-electron chi connectivity index (χ0n) is 13.6. The molecule has 0 aliphatic carbocycles. The minimum atomic E-state index is -0.162. The second kappa shape index (κ2) is 6.66. The molecule has 0 spiro atoms. The van der Waals surface area contributed by atoms with Gasteiger partial charge in [-0.25, -0.2) is 0 Å². The summed E-state index contributed by atoms with van der Waals surface area (Å²) in [5, 5.41) is 11.0. The molecule has 3 rings (SSSR count). The molecule has 1 aliphatic rings. The van der Waals surface area contributed by atoms with Crippen molar-refractivity contribution in [1.82, 2.24) is 4.98 Å². The van der Waals surface area contributed by atoms with Gasteiger partial charge in [0.25, 0.3) is 0 Å². The lowest BCUT2D eigenvalue weighted by atomic mass is 9.86. The van der Waals surface area contributed by atoms with E-state index in [1.54, 1.807) is 12.3 Å². The maximum absolute atomic E-state index is 11.9. The predicted molar refractivity (Wildman–Crippen MR) is 93.0 cm³/mol. The maximum atomic E-state index is 11.9. The van der Waals surface area contributed by atoms with Crippen LogP contribution in [0.1, 0.15) is 18.9 Å². The Bertz CT molecular complexity index is 831. The Morgan fingerprint density at radius 2 is 2.29 bits per heavy atom. The van der Waals surface area contributed by atoms with E-state index >= 15 is 0 Å². The highest BCUT2D eigenvalue weighted by molar-refractivity contribution is 6.31. The number of nitrogens with zero attached hydrogens (tertiary/aromatic N) is 3. The number of anilines is 1. The molecule has 1 aliphatic heterocycles. The molecule has 1 saturated heterocycles. The standard InChI is InChI=1S/C18H18ClN3O2/c1-11-10-22(6-5-14(11)18(23)24-2)17-12(8-20)9-21-16-4-3-13(19)7-15(16)17/h3-4,7,9,11,14H,5-6,10H2,1-2H3. The Labute approximate surface area is 145 Å². The Morgan fingerprint density at radius 3 is 2.96 bits per heavy atom. The molecule has 6 heteroatoms. The minimum Gasteiger partial charge on any atom is -0.469 e. The Kier molecular flexibility index (Phi) is 4.59. The molecule has 2 aromatic rings. The number of ether oxygens (including phenoxy) is 1. The van der Waals surface area contributed by atoms with E-state index in [4.69, 9.17) is 16.3 Å². The van der Waals surface area contributed by atoms with Crippen molar-refractivity contribution in [3.05, 3.63) is 35.0 Å². The van der Waals surface area contributed by atoms with Gasteiger partial charge in [0.05, 0.1) is 29.8 Å². The summed E-state index contributed by atoms with van der Waals surface area (Å²) in [4.78, 5) is 18.4. The van der Waals surface area contributed by atoms with Gasteiger partial charge in [0.2, 0.25) is 0 Å². The fourth-order valence-electron chi connectivity index (χ4n) is 3.42. The summed E-state index contributed by atoms with van der Waals surface area (Å²) >= 11 is 6.15. The van der Waals surface area contributed by atoms with E-state index in [1.165, 1.54) is 7.11 Å². The molecule has 1 aromatic heterocycles. The lowest BCUT2D eigenvalue weighted by molar-refractivity contribution is -0.147. The van der Waals surface area contributed by atoms with Crippen LogP contribution in [0, 0.1) is 23.2 Å². The number of piperidine rings is 1. The fraction of sp³-hybridized carbons (Fsp3) is 0.389. The first kappa shape index (κ1) is 16.5. The van der Waals surface area contributed by atoms with Crippen LogP contribution in [0.5, 0.6) is 0 Å². The van der Waals surface area contributed by atoms with Crippen molar-refractivity contribution in [2.75, 3.05) is 25.1 Å². The molecule has 124 valence electrons. The number of aromatic nitrogens is 1. The first-order chi connectivity index (χ1) is 11.5. The van der Waals surface area contributed by atoms with Crippen LogP contribution >= 0.6 is 11.6 Å². The van der Waals surface area contributed by atoms with Gasteiger partial charge in [-0.05, 0) is 30.5 Å². The quantitative estimate of drug-likeness (QED) is 0.782. The van der Waals surface area contributed by atoms with Gasteiger partial charge in [-0.3, -0.25) is 9.78 Å². The Morgan fingerprint density at radius 1 is 1.50 bits per heavy atom. The van der Waals surface area contributed by atoms with Crippen LogP contribution < -0.4 is 4.90 Å². The zero-order chi connectivity index (χ0) is 17.3. The number of halogens is 1. The number of benzene rings is 1. The van der Waals surface area contributed by atoms with Gasteiger partial charge in [-0.15, -0.1) is 0 Å². The van der Waals surface area contributed by atoms with Crippen molar-refractivity contribution >= 4 is 34.2 Å². The molecule has 0 radical (unpaired) electrons. The molecule has 24 heavy (non-hydrogen) atoms. The second-order valence-corrected chi connectivity index (χ2v) is 6.57. The average Bonchev–Trinajstić information content (AvgIpc) is 2.59. The normalized spacial score (nSPS) is 20.7. The summed E-state index contributed by atoms with van der Waals surface area (Å²) in [5.41, 5.74) is 2.17. The number of hydrogen-bond donors (Lipinski definition) is 0. The van der Waals surface area contributed by atoms with Gasteiger partial charge >= 0.3 is 5.97 Å². The van der Waals surface area contributed by atoms with Crippen molar-refractivity contribution in [3.8, 4) is 6.07 Å². The minimum absolute atomic E-state index is 0.103. The third-order valence-corrected chi connectivity index (χ3v) is 4.88. The number of fused-ring (bicyclic) bond motifs is 1. The van der Waals surface area contributed by atoms with E-state index in [0.717, 1.165) is 16.6 Å². The molecule has 0 saturated carbocycles. The van der Waals surface area contributed by atoms with E-state index < -0.39 is 0 Å². The zero-order valence-corrected chi connectivity index (χ0v) is 14.4. The lowest BCUT2D eigenvalue weighted by Crippen LogP contribution is -2.42. The number of methoxy groups -OCH3 is 1. The average molecular weight is 344 g/mol. The number of nitriles is 1. The third-order valence-electron chi connectivity index (χ3n) is 4.65. The highest BCUT2D eigenvalue weighted by atomic mass is 35.5. The van der Waals surface area contributed by atoms with Crippen molar-refractivity contribution in [2.24, 2.45) is 11.8 Å². The van der Waals surface area contributed by atoms with E-state index in [9.17, 15) is 10.1 Å². The second-order valence-electron chi connectivity index (χ2n) is 6.14. The van der Waals surface area contributed by atoms with Crippen LogP contribution in [0.25, 0.3) is 10.9 Å². The molecule has 2 atom stereocenters. The summed E-state index contributed by atoms with van der Waals surface area (Å²) in [6.45, 7) is 3.40. The molecule has 5 nitrogen and oxygen atoms in total. The first-order valence-corrected chi connectivity index (χ1v) is 8.24. The van der Waals surface area contributed by atoms with Crippen molar-refractivity contribution < 1.29 is 9.53 Å². The van der Waals surface area contributed by atoms with Gasteiger partial charge in [0.15, 0.2) is 0 Å². The highest BCUT2D eigenvalue weighted by Crippen LogP contribution is 2.35. The van der Waals surface area contributed by atoms with Crippen LogP contribution in [0.4, 0.5) is 5.69 Å². The van der Waals surface area contributed by atoms with E-state index in [2.05, 4.69) is 16.0 Å². The van der Waals surface area contributed by atoms with E-state index in [-0.39, 0.29) is 17.8 Å². The first-order valence-electron chi connectivity index (χ1n) is 7.86. The van der Waals surface area contributed by atoms with Gasteiger partial charge < -0.3 is 9.64 Å². The fourth-order valence-corrected chi connectivity index (χ4v) is 3.60. The molecule has 1 fully saturated rings. The number of pyridine rings is 1. The number of esters is 1. The Balaban J connectivity index is 2.02. The van der Waals surface area contributed by atoms with E-state index in [1.807, 2.05) is 19.1 Å². The van der Waals surface area contributed by atoms with Gasteiger partial charge in [-0.1, -0.05) is 18.5 Å². The maximum Gasteiger partial charge on any atom is 0.309 e. The van der Waals surface area contributed by atoms with E-state index in [0.29, 0.717) is 30.1 Å². The summed E-state index contributed by atoms with van der Waals surface area (Å²) in [6, 6.07) is 7.71. The number of carbonyl (C=O) groups excluding carboxylic acids is 1. The summed E-state index contributed by atoms with van der Waals surface area (Å²) in [6.07, 6.45) is 2.30. The molecular formula is C18H18ClN3O2. The van der Waals surface area contributed by atoms with Crippen molar-refractivity contribution in [2.45, 2.75) is 13.3 Å². The molecule has 2 unspecified atom stereocenters. The SMILES string of the molecule is COC(=O)C1CCN(c2c(C#N)cnc3ccc(Cl)cc23)CC1C. The topological polar surface area (TPSA) is 66.2 Å². The van der Waals surface area contributed by atoms with Crippen molar-refractivity contribution in [3.63, 3.8) is 0 Å². The van der Waals surface area contributed by atoms with Crippen LogP contribution in [0.15, 0.2) is 24.4 Å². The van der Waals surface area contributed by atoms with Gasteiger partial charge in [0.1, 0.15) is 6.07 Å². The molecular weight excluding hydrogens is 326 g/mol. The largest absolute Gasteiger partial charge is 0.469 e. The highest BCUT2D eigenvalue weighted by Gasteiger charge is 2.33. The lowest BCUT2D eigenvalue weighted by Gasteiger charge is -2.37. The molecule has 0 amide bonds. The van der Waals surface area contributed by atoms with Crippen LogP contribution in [0.3, 0.4) is 0 Å². The third kappa shape index (κ3) is 2.90. The summed E-state index contributed by atoms with van der Waals surface area (Å²) in [7, 11) is 1.42. The summed E-state index contributed by atoms with van der Waals surface area (Å²) in [5.74, 6) is -0.126. The van der Waals surface area contributed by atoms with Gasteiger partial charge in [-0.2, -0.15) is 5.26 Å². The van der Waals surface area contributed by atoms with Crippen LogP contribution in [-0.2, 0) is 9.53 Å². The Hall–Kier alpha value is -2.32. The molecule has 0 N–H and O–H groups in total.